The van der Waals surface area contributed by atoms with Crippen molar-refractivity contribution in [3.05, 3.63) is 59.4 Å². The number of ketones is 1. The van der Waals surface area contributed by atoms with Crippen LogP contribution in [-0.4, -0.2) is 46.4 Å². The third-order valence-electron chi connectivity index (χ3n) is 4.62. The van der Waals surface area contributed by atoms with Gasteiger partial charge < -0.3 is 19.4 Å². The molecule has 2 aromatic carbocycles. The molecule has 0 aliphatic heterocycles. The molecule has 1 aromatic heterocycles. The van der Waals surface area contributed by atoms with Crippen molar-refractivity contribution in [1.29, 1.82) is 0 Å². The minimum atomic E-state index is -0.183. The predicted octanol–water partition coefficient (Wildman–Crippen LogP) is 3.30. The van der Waals surface area contributed by atoms with Crippen LogP contribution in [0.15, 0.2) is 47.6 Å². The average molecular weight is 441 g/mol. The van der Waals surface area contributed by atoms with Gasteiger partial charge in [0.05, 0.1) is 26.4 Å². The molecule has 0 bridgehead atoms. The number of aryl methyl sites for hydroxylation is 1. The zero-order chi connectivity index (χ0) is 22.4. The van der Waals surface area contributed by atoms with Crippen molar-refractivity contribution in [2.75, 3.05) is 25.3 Å². The van der Waals surface area contributed by atoms with Gasteiger partial charge in [0.15, 0.2) is 22.4 Å². The van der Waals surface area contributed by atoms with Gasteiger partial charge in [-0.2, -0.15) is 0 Å². The normalized spacial score (nSPS) is 10.6. The number of rotatable bonds is 9. The van der Waals surface area contributed by atoms with Crippen molar-refractivity contribution in [2.45, 2.75) is 18.5 Å². The molecular formula is C22H24N4O4S. The summed E-state index contributed by atoms with van der Waals surface area (Å²) in [6.07, 6.45) is 0.0849. The van der Waals surface area contributed by atoms with E-state index in [0.29, 0.717) is 28.0 Å². The van der Waals surface area contributed by atoms with E-state index in [9.17, 15) is 9.59 Å². The Morgan fingerprint density at radius 2 is 1.74 bits per heavy atom. The number of ether oxygens (including phenoxy) is 2. The minimum Gasteiger partial charge on any atom is -0.493 e. The van der Waals surface area contributed by atoms with Gasteiger partial charge in [-0.15, -0.1) is 10.2 Å². The van der Waals surface area contributed by atoms with Crippen molar-refractivity contribution >= 4 is 29.1 Å². The van der Waals surface area contributed by atoms with Gasteiger partial charge in [-0.05, 0) is 37.3 Å². The quantitative estimate of drug-likeness (QED) is 0.403. The van der Waals surface area contributed by atoms with Crippen LogP contribution in [0.3, 0.4) is 0 Å². The Hall–Kier alpha value is -3.33. The number of hydrogen-bond acceptors (Lipinski definition) is 7. The molecular weight excluding hydrogens is 416 g/mol. The molecule has 0 spiro atoms. The number of nitrogens with one attached hydrogen (secondary N) is 1. The van der Waals surface area contributed by atoms with E-state index in [2.05, 4.69) is 15.5 Å². The topological polar surface area (TPSA) is 95.3 Å². The molecule has 9 heteroatoms. The highest BCUT2D eigenvalue weighted by Crippen LogP contribution is 2.28. The molecule has 0 unspecified atom stereocenters. The third-order valence-corrected chi connectivity index (χ3v) is 5.64. The summed E-state index contributed by atoms with van der Waals surface area (Å²) in [5.74, 6) is 1.50. The van der Waals surface area contributed by atoms with Gasteiger partial charge in [0.1, 0.15) is 5.82 Å². The van der Waals surface area contributed by atoms with E-state index in [1.165, 1.54) is 18.9 Å². The van der Waals surface area contributed by atoms with Gasteiger partial charge in [0.2, 0.25) is 5.91 Å². The molecule has 31 heavy (non-hydrogen) atoms. The molecule has 162 valence electrons. The molecule has 1 N–H and O–H groups in total. The summed E-state index contributed by atoms with van der Waals surface area (Å²) >= 11 is 1.26. The molecule has 1 heterocycles. The zero-order valence-electron chi connectivity index (χ0n) is 17.8. The molecule has 0 fully saturated rings. The van der Waals surface area contributed by atoms with Crippen LogP contribution < -0.4 is 14.8 Å². The first-order valence-electron chi connectivity index (χ1n) is 9.54. The van der Waals surface area contributed by atoms with Crippen LogP contribution in [0.4, 0.5) is 5.69 Å². The summed E-state index contributed by atoms with van der Waals surface area (Å²) in [5, 5.41) is 11.6. The maximum absolute atomic E-state index is 12.6. The molecule has 0 atom stereocenters. The largest absolute Gasteiger partial charge is 0.493 e. The van der Waals surface area contributed by atoms with Crippen molar-refractivity contribution in [1.82, 2.24) is 14.8 Å². The van der Waals surface area contributed by atoms with Crippen LogP contribution in [-0.2, 0) is 18.3 Å². The fourth-order valence-electron chi connectivity index (χ4n) is 2.83. The van der Waals surface area contributed by atoms with E-state index in [1.807, 2.05) is 31.2 Å². The number of carbonyl (C=O) groups excluding carboxylic acids is 2. The van der Waals surface area contributed by atoms with Crippen molar-refractivity contribution in [3.63, 3.8) is 0 Å². The van der Waals surface area contributed by atoms with Crippen molar-refractivity contribution in [2.24, 2.45) is 7.05 Å². The monoisotopic (exact) mass is 440 g/mol. The van der Waals surface area contributed by atoms with Gasteiger partial charge in [-0.1, -0.05) is 29.5 Å². The molecule has 0 saturated carbocycles. The highest BCUT2D eigenvalue weighted by Gasteiger charge is 2.16. The number of carbonyl (C=O) groups is 2. The molecule has 3 rings (SSSR count). The average Bonchev–Trinajstić information content (AvgIpc) is 3.12. The van der Waals surface area contributed by atoms with E-state index in [-0.39, 0.29) is 23.9 Å². The van der Waals surface area contributed by atoms with E-state index in [4.69, 9.17) is 9.47 Å². The number of aromatic nitrogens is 3. The molecule has 1 amide bonds. The maximum atomic E-state index is 12.6. The molecule has 0 aliphatic carbocycles. The van der Waals surface area contributed by atoms with E-state index in [0.717, 1.165) is 11.3 Å². The van der Waals surface area contributed by atoms with E-state index >= 15 is 0 Å². The van der Waals surface area contributed by atoms with Gasteiger partial charge in [0.25, 0.3) is 0 Å². The SMILES string of the molecule is COc1ccc(C(=O)CSc2nnc(CC(=O)Nc3ccc(C)cc3)n2C)cc1OC. The zero-order valence-corrected chi connectivity index (χ0v) is 18.7. The fraction of sp³-hybridized carbons (Fsp3) is 0.273. The predicted molar refractivity (Wildman–Crippen MR) is 119 cm³/mol. The Morgan fingerprint density at radius 3 is 2.42 bits per heavy atom. The molecule has 0 radical (unpaired) electrons. The first kappa shape index (κ1) is 22.4. The van der Waals surface area contributed by atoms with Crippen LogP contribution in [0.1, 0.15) is 21.7 Å². The molecule has 0 aliphatic rings. The summed E-state index contributed by atoms with van der Waals surface area (Å²) in [6, 6.07) is 12.6. The first-order chi connectivity index (χ1) is 14.9. The van der Waals surface area contributed by atoms with E-state index in [1.54, 1.807) is 36.9 Å². The Kier molecular flexibility index (Phi) is 7.30. The summed E-state index contributed by atoms with van der Waals surface area (Å²) in [6.45, 7) is 1.99. The number of thioether (sulfide) groups is 1. The number of methoxy groups -OCH3 is 2. The van der Waals surface area contributed by atoms with Crippen molar-refractivity contribution < 1.29 is 19.1 Å². The third kappa shape index (κ3) is 5.64. The second-order valence-electron chi connectivity index (χ2n) is 6.83. The van der Waals surface area contributed by atoms with Gasteiger partial charge in [0, 0.05) is 18.3 Å². The Bertz CT molecular complexity index is 1080. The summed E-state index contributed by atoms with van der Waals surface area (Å²) in [5.41, 5.74) is 2.37. The molecule has 8 nitrogen and oxygen atoms in total. The Balaban J connectivity index is 1.59. The first-order valence-corrected chi connectivity index (χ1v) is 10.5. The summed E-state index contributed by atoms with van der Waals surface area (Å²) in [4.78, 5) is 24.9. The lowest BCUT2D eigenvalue weighted by Gasteiger charge is -2.09. The lowest BCUT2D eigenvalue weighted by atomic mass is 10.1. The lowest BCUT2D eigenvalue weighted by Crippen LogP contribution is -2.17. The summed E-state index contributed by atoms with van der Waals surface area (Å²) in [7, 11) is 4.84. The lowest BCUT2D eigenvalue weighted by molar-refractivity contribution is -0.115. The van der Waals surface area contributed by atoms with Crippen LogP contribution in [0, 0.1) is 6.92 Å². The Labute approximate surface area is 185 Å². The van der Waals surface area contributed by atoms with Gasteiger partial charge >= 0.3 is 0 Å². The Morgan fingerprint density at radius 1 is 1.03 bits per heavy atom. The molecule has 3 aromatic rings. The van der Waals surface area contributed by atoms with Gasteiger partial charge in [-0.25, -0.2) is 0 Å². The van der Waals surface area contributed by atoms with Crippen molar-refractivity contribution in [3.8, 4) is 11.5 Å². The number of benzene rings is 2. The maximum Gasteiger partial charge on any atom is 0.232 e. The highest BCUT2D eigenvalue weighted by atomic mass is 32.2. The molecule has 0 saturated heterocycles. The number of anilines is 1. The van der Waals surface area contributed by atoms with Crippen LogP contribution >= 0.6 is 11.8 Å². The van der Waals surface area contributed by atoms with E-state index < -0.39 is 0 Å². The highest BCUT2D eigenvalue weighted by molar-refractivity contribution is 7.99. The van der Waals surface area contributed by atoms with Gasteiger partial charge in [-0.3, -0.25) is 9.59 Å². The summed E-state index contributed by atoms with van der Waals surface area (Å²) < 4.78 is 12.2. The fourth-order valence-corrected chi connectivity index (χ4v) is 3.66. The number of nitrogens with zero attached hydrogens (tertiary/aromatic N) is 3. The number of Topliss-reactive ketones (excluding diaryl/α,β-unsaturated/α-hetero) is 1. The van der Waals surface area contributed by atoms with Crippen LogP contribution in [0.2, 0.25) is 0 Å². The standard InChI is InChI=1S/C22H24N4O4S/c1-14-5-8-16(9-6-14)23-21(28)12-20-24-25-22(26(20)2)31-13-17(27)15-7-10-18(29-3)19(11-15)30-4/h5-11H,12-13H2,1-4H3,(H,23,28). The van der Waals surface area contributed by atoms with Crippen LogP contribution in [0.5, 0.6) is 11.5 Å². The second kappa shape index (κ2) is 10.1. The second-order valence-corrected chi connectivity index (χ2v) is 7.77. The number of amides is 1. The minimum absolute atomic E-state index is 0.0763. The number of hydrogen-bond donors (Lipinski definition) is 1. The van der Waals surface area contributed by atoms with Crippen LogP contribution in [0.25, 0.3) is 0 Å². The smallest absolute Gasteiger partial charge is 0.232 e.